The van der Waals surface area contributed by atoms with Crippen molar-refractivity contribution in [1.29, 1.82) is 0 Å². The highest BCUT2D eigenvalue weighted by Gasteiger charge is 2.19. The van der Waals surface area contributed by atoms with E-state index >= 15 is 0 Å². The summed E-state index contributed by atoms with van der Waals surface area (Å²) >= 11 is 0. The van der Waals surface area contributed by atoms with E-state index in [1.54, 1.807) is 6.07 Å². The van der Waals surface area contributed by atoms with Gasteiger partial charge in [-0.25, -0.2) is 15.0 Å². The topological polar surface area (TPSA) is 88.4 Å². The van der Waals surface area contributed by atoms with Crippen molar-refractivity contribution < 1.29 is 14.2 Å². The molecule has 2 aromatic heterocycles. The Bertz CT molecular complexity index is 1030. The van der Waals surface area contributed by atoms with Gasteiger partial charge in [0, 0.05) is 24.4 Å². The van der Waals surface area contributed by atoms with Crippen LogP contribution in [0.5, 0.6) is 17.2 Å². The fourth-order valence-electron chi connectivity index (χ4n) is 3.06. The van der Waals surface area contributed by atoms with E-state index in [0.717, 1.165) is 11.4 Å². The zero-order valence-corrected chi connectivity index (χ0v) is 16.1. The van der Waals surface area contributed by atoms with Gasteiger partial charge in [-0.1, -0.05) is 0 Å². The molecule has 0 aliphatic rings. The summed E-state index contributed by atoms with van der Waals surface area (Å²) in [6.07, 6.45) is 2.03. The van der Waals surface area contributed by atoms with Crippen molar-refractivity contribution >= 4 is 10.9 Å². The lowest BCUT2D eigenvalue weighted by Crippen LogP contribution is -2.22. The van der Waals surface area contributed by atoms with Crippen LogP contribution in [0.1, 0.15) is 17.2 Å². The highest BCUT2D eigenvalue weighted by Crippen LogP contribution is 2.41. The van der Waals surface area contributed by atoms with Crippen LogP contribution in [-0.2, 0) is 13.0 Å². The summed E-state index contributed by atoms with van der Waals surface area (Å²) in [5.74, 6) is 1.88. The summed E-state index contributed by atoms with van der Waals surface area (Å²) in [6.45, 7) is 4.27. The van der Waals surface area contributed by atoms with Crippen molar-refractivity contribution in [3.05, 3.63) is 46.0 Å². The first-order valence-electron chi connectivity index (χ1n) is 8.47. The smallest absolute Gasteiger partial charge is 0.261 e. The van der Waals surface area contributed by atoms with Crippen LogP contribution < -0.4 is 19.8 Å². The molecule has 0 saturated carbocycles. The van der Waals surface area contributed by atoms with Gasteiger partial charge in [-0.3, -0.25) is 9.36 Å². The second kappa shape index (κ2) is 7.61. The van der Waals surface area contributed by atoms with Crippen LogP contribution in [0.3, 0.4) is 0 Å². The standard InChI is InChI=1S/C19H22N4O4/c1-11-8-12(2)22-15(21-11)6-7-23-10-20-16-13(19(23)24)9-14(25-3)17(26-4)18(16)27-5/h8-10H,6-7H2,1-5H3. The van der Waals surface area contributed by atoms with Crippen LogP contribution in [0, 0.1) is 13.8 Å². The molecule has 0 saturated heterocycles. The molecule has 3 aromatic rings. The van der Waals surface area contributed by atoms with Crippen molar-refractivity contribution in [2.75, 3.05) is 21.3 Å². The van der Waals surface area contributed by atoms with Crippen molar-refractivity contribution in [2.45, 2.75) is 26.8 Å². The number of hydrogen-bond donors (Lipinski definition) is 0. The molecule has 0 unspecified atom stereocenters. The van der Waals surface area contributed by atoms with Gasteiger partial charge in [0.25, 0.3) is 5.56 Å². The summed E-state index contributed by atoms with van der Waals surface area (Å²) < 4.78 is 17.6. The molecule has 1 aromatic carbocycles. The van der Waals surface area contributed by atoms with Gasteiger partial charge in [0.2, 0.25) is 5.75 Å². The third-order valence-corrected chi connectivity index (χ3v) is 4.23. The molecular weight excluding hydrogens is 348 g/mol. The summed E-state index contributed by atoms with van der Waals surface area (Å²) in [7, 11) is 4.52. The summed E-state index contributed by atoms with van der Waals surface area (Å²) in [5.41, 5.74) is 2.05. The van der Waals surface area contributed by atoms with Crippen molar-refractivity contribution in [3.8, 4) is 17.2 Å². The van der Waals surface area contributed by atoms with Gasteiger partial charge < -0.3 is 14.2 Å². The van der Waals surface area contributed by atoms with Crippen molar-refractivity contribution in [1.82, 2.24) is 19.5 Å². The monoisotopic (exact) mass is 370 g/mol. The molecule has 142 valence electrons. The predicted octanol–water partition coefficient (Wildman–Crippen LogP) is 2.07. The minimum atomic E-state index is -0.191. The maximum absolute atomic E-state index is 12.9. The number of aryl methyl sites for hydroxylation is 4. The van der Waals surface area contributed by atoms with Gasteiger partial charge >= 0.3 is 0 Å². The molecule has 0 radical (unpaired) electrons. The van der Waals surface area contributed by atoms with Gasteiger partial charge in [-0.05, 0) is 26.0 Å². The third-order valence-electron chi connectivity index (χ3n) is 4.23. The Balaban J connectivity index is 2.03. The Morgan fingerprint density at radius 2 is 1.63 bits per heavy atom. The van der Waals surface area contributed by atoms with Crippen LogP contribution in [0.2, 0.25) is 0 Å². The number of rotatable bonds is 6. The lowest BCUT2D eigenvalue weighted by Gasteiger charge is -2.14. The highest BCUT2D eigenvalue weighted by molar-refractivity contribution is 5.89. The number of nitrogens with zero attached hydrogens (tertiary/aromatic N) is 4. The molecule has 2 heterocycles. The average Bonchev–Trinajstić information content (AvgIpc) is 2.65. The second-order valence-electron chi connectivity index (χ2n) is 6.10. The minimum Gasteiger partial charge on any atom is -0.493 e. The largest absolute Gasteiger partial charge is 0.493 e. The van der Waals surface area contributed by atoms with Crippen LogP contribution in [0.15, 0.2) is 23.3 Å². The van der Waals surface area contributed by atoms with E-state index in [1.165, 1.54) is 32.2 Å². The quantitative estimate of drug-likeness (QED) is 0.656. The molecule has 0 spiro atoms. The maximum Gasteiger partial charge on any atom is 0.261 e. The maximum atomic E-state index is 12.9. The van der Waals surface area contributed by atoms with E-state index in [0.29, 0.717) is 46.9 Å². The summed E-state index contributed by atoms with van der Waals surface area (Å²) in [5, 5.41) is 0.397. The number of fused-ring (bicyclic) bond motifs is 1. The van der Waals surface area contributed by atoms with Gasteiger partial charge in [-0.15, -0.1) is 0 Å². The molecule has 0 bridgehead atoms. The molecule has 0 amide bonds. The van der Waals surface area contributed by atoms with Crippen molar-refractivity contribution in [2.24, 2.45) is 0 Å². The Morgan fingerprint density at radius 3 is 2.22 bits per heavy atom. The highest BCUT2D eigenvalue weighted by atomic mass is 16.5. The molecular formula is C19H22N4O4. The Labute approximate surface area is 156 Å². The Kier molecular flexibility index (Phi) is 5.25. The number of benzene rings is 1. The summed E-state index contributed by atoms with van der Waals surface area (Å²) in [6, 6.07) is 3.54. The zero-order chi connectivity index (χ0) is 19.6. The Morgan fingerprint density at radius 1 is 0.963 bits per heavy atom. The molecule has 0 fully saturated rings. The van der Waals surface area contributed by atoms with Crippen LogP contribution >= 0.6 is 0 Å². The molecule has 8 nitrogen and oxygen atoms in total. The molecule has 27 heavy (non-hydrogen) atoms. The number of ether oxygens (including phenoxy) is 3. The predicted molar refractivity (Wildman–Crippen MR) is 101 cm³/mol. The summed E-state index contributed by atoms with van der Waals surface area (Å²) in [4.78, 5) is 26.2. The van der Waals surface area contributed by atoms with Crippen LogP contribution in [0.4, 0.5) is 0 Å². The second-order valence-corrected chi connectivity index (χ2v) is 6.10. The van der Waals surface area contributed by atoms with E-state index in [9.17, 15) is 4.79 Å². The SMILES string of the molecule is COc1cc2c(=O)n(CCc3nc(C)cc(C)n3)cnc2c(OC)c1OC. The molecule has 0 atom stereocenters. The van der Waals surface area contributed by atoms with E-state index < -0.39 is 0 Å². The van der Waals surface area contributed by atoms with Gasteiger partial charge in [0.15, 0.2) is 11.5 Å². The number of aromatic nitrogens is 4. The van der Waals surface area contributed by atoms with E-state index in [2.05, 4.69) is 15.0 Å². The lowest BCUT2D eigenvalue weighted by atomic mass is 10.2. The first kappa shape index (κ1) is 18.6. The van der Waals surface area contributed by atoms with E-state index in [-0.39, 0.29) is 5.56 Å². The van der Waals surface area contributed by atoms with E-state index in [1.807, 2.05) is 19.9 Å². The average molecular weight is 370 g/mol. The van der Waals surface area contributed by atoms with Crippen molar-refractivity contribution in [3.63, 3.8) is 0 Å². The molecule has 8 heteroatoms. The zero-order valence-electron chi connectivity index (χ0n) is 16.1. The Hall–Kier alpha value is -3.16. The molecule has 3 rings (SSSR count). The molecule has 0 aliphatic carbocycles. The molecule has 0 N–H and O–H groups in total. The van der Waals surface area contributed by atoms with Gasteiger partial charge in [0.05, 0.1) is 33.0 Å². The fraction of sp³-hybridized carbons (Fsp3) is 0.368. The number of hydrogen-bond acceptors (Lipinski definition) is 7. The normalized spacial score (nSPS) is 10.9. The lowest BCUT2D eigenvalue weighted by molar-refractivity contribution is 0.326. The van der Waals surface area contributed by atoms with Gasteiger partial charge in [0.1, 0.15) is 11.3 Å². The first-order chi connectivity index (χ1) is 13.0. The minimum absolute atomic E-state index is 0.191. The molecule has 0 aliphatic heterocycles. The fourth-order valence-corrected chi connectivity index (χ4v) is 3.06. The van der Waals surface area contributed by atoms with E-state index in [4.69, 9.17) is 14.2 Å². The van der Waals surface area contributed by atoms with Gasteiger partial charge in [-0.2, -0.15) is 0 Å². The van der Waals surface area contributed by atoms with Crippen LogP contribution in [0.25, 0.3) is 10.9 Å². The van der Waals surface area contributed by atoms with Crippen LogP contribution in [-0.4, -0.2) is 40.8 Å². The first-order valence-corrected chi connectivity index (χ1v) is 8.47. The number of methoxy groups -OCH3 is 3. The third kappa shape index (κ3) is 3.55.